The van der Waals surface area contributed by atoms with E-state index < -0.39 is 0 Å². The minimum absolute atomic E-state index is 0.0659. The lowest BCUT2D eigenvalue weighted by Gasteiger charge is -2.48. The van der Waals surface area contributed by atoms with E-state index in [9.17, 15) is 4.79 Å². The molecule has 5 aromatic rings. The van der Waals surface area contributed by atoms with Crippen LogP contribution in [0, 0.1) is 0 Å². The second-order valence-electron chi connectivity index (χ2n) is 13.9. The van der Waals surface area contributed by atoms with E-state index in [1.54, 1.807) is 11.3 Å². The minimum Gasteiger partial charge on any atom is -0.422 e. The molecule has 0 spiro atoms. The number of hydrogen-bond donors (Lipinski definition) is 0. The molecule has 3 aromatic carbocycles. The predicted molar refractivity (Wildman–Crippen MR) is 172 cm³/mol. The van der Waals surface area contributed by atoms with E-state index in [2.05, 4.69) is 75.1 Å². The van der Waals surface area contributed by atoms with Crippen LogP contribution in [0.2, 0.25) is 0 Å². The maximum atomic E-state index is 14.3. The van der Waals surface area contributed by atoms with Crippen LogP contribution in [0.4, 0.5) is 5.69 Å². The monoisotopic (exact) mass is 562 g/mol. The molecule has 0 N–H and O–H groups in total. The molecular weight excluding hydrogens is 524 g/mol. The van der Waals surface area contributed by atoms with Gasteiger partial charge in [0.05, 0.1) is 10.2 Å². The summed E-state index contributed by atoms with van der Waals surface area (Å²) < 4.78 is 7.64. The standard InChI is InChI=1S/C36H38N2O2S/c1-35(2)16-18-38-19-17-36(3,4)29-31(38)25(35)20-24-27(22-11-6-5-7-12-22)28(34(39)40-32(24)29)33-37-30-23-13-9-8-10-21(23)14-15-26(30)41-33/h8-10,13-15,20,22H,5-7,11-12,16-19H2,1-4H3. The summed E-state index contributed by atoms with van der Waals surface area (Å²) in [5.74, 6) is 0.342. The van der Waals surface area contributed by atoms with Gasteiger partial charge in [0.25, 0.3) is 0 Å². The maximum absolute atomic E-state index is 14.3. The Kier molecular flexibility index (Phi) is 5.55. The van der Waals surface area contributed by atoms with Crippen molar-refractivity contribution in [1.29, 1.82) is 0 Å². The summed E-state index contributed by atoms with van der Waals surface area (Å²) in [7, 11) is 0. The van der Waals surface area contributed by atoms with Crippen molar-refractivity contribution in [2.75, 3.05) is 18.0 Å². The average Bonchev–Trinajstić information content (AvgIpc) is 3.40. The number of nitrogens with zero attached hydrogens (tertiary/aromatic N) is 2. The van der Waals surface area contributed by atoms with E-state index in [0.29, 0.717) is 11.5 Å². The Morgan fingerprint density at radius 3 is 2.49 bits per heavy atom. The molecule has 8 rings (SSSR count). The summed E-state index contributed by atoms with van der Waals surface area (Å²) in [5, 5.41) is 4.28. The zero-order chi connectivity index (χ0) is 28.1. The molecule has 3 aliphatic rings. The third-order valence-corrected chi connectivity index (χ3v) is 11.5. The fourth-order valence-corrected chi connectivity index (χ4v) is 9.06. The van der Waals surface area contributed by atoms with Gasteiger partial charge in [-0.15, -0.1) is 11.3 Å². The molecule has 0 saturated heterocycles. The van der Waals surface area contributed by atoms with E-state index >= 15 is 0 Å². The number of benzene rings is 3. The van der Waals surface area contributed by atoms with Crippen molar-refractivity contribution >= 4 is 49.0 Å². The second kappa shape index (κ2) is 8.91. The highest BCUT2D eigenvalue weighted by atomic mass is 32.1. The van der Waals surface area contributed by atoms with Crippen LogP contribution in [0.3, 0.4) is 0 Å². The molecule has 0 atom stereocenters. The van der Waals surface area contributed by atoms with Crippen molar-refractivity contribution in [3.63, 3.8) is 0 Å². The molecule has 1 aliphatic carbocycles. The Balaban J connectivity index is 1.49. The zero-order valence-corrected chi connectivity index (χ0v) is 25.4. The molecule has 0 unspecified atom stereocenters. The molecule has 2 aromatic heterocycles. The van der Waals surface area contributed by atoms with Gasteiger partial charge in [-0.3, -0.25) is 0 Å². The first kappa shape index (κ1) is 25.5. The molecule has 41 heavy (non-hydrogen) atoms. The first-order chi connectivity index (χ1) is 19.7. The average molecular weight is 563 g/mol. The summed E-state index contributed by atoms with van der Waals surface area (Å²) in [6.45, 7) is 11.6. The van der Waals surface area contributed by atoms with E-state index in [1.165, 1.54) is 47.0 Å². The number of thiazole rings is 1. The SMILES string of the molecule is CC1(C)CCN2CCC(C)(C)c3c2c1cc1c(C2CCCCC2)c(-c2nc4c(ccc5ccccc54)s2)c(=O)oc31. The van der Waals surface area contributed by atoms with Gasteiger partial charge in [-0.25, -0.2) is 9.78 Å². The molecule has 2 aliphatic heterocycles. The molecule has 4 nitrogen and oxygen atoms in total. The van der Waals surface area contributed by atoms with Crippen LogP contribution in [0.15, 0.2) is 51.7 Å². The zero-order valence-electron chi connectivity index (χ0n) is 24.6. The van der Waals surface area contributed by atoms with Crippen LogP contribution < -0.4 is 10.5 Å². The van der Waals surface area contributed by atoms with Gasteiger partial charge in [-0.1, -0.05) is 77.3 Å². The van der Waals surface area contributed by atoms with Gasteiger partial charge in [-0.05, 0) is 71.1 Å². The summed E-state index contributed by atoms with van der Waals surface area (Å²) in [6, 6.07) is 15.2. The van der Waals surface area contributed by atoms with Gasteiger partial charge in [0.2, 0.25) is 0 Å². The fraction of sp³-hybridized carbons (Fsp3) is 0.444. The lowest BCUT2D eigenvalue weighted by molar-refractivity contribution is 0.398. The number of rotatable bonds is 2. The first-order valence-electron chi connectivity index (χ1n) is 15.5. The number of fused-ring (bicyclic) bond motifs is 5. The highest BCUT2D eigenvalue weighted by Gasteiger charge is 2.43. The molecule has 210 valence electrons. The molecular formula is C36H38N2O2S. The van der Waals surface area contributed by atoms with Gasteiger partial charge in [-0.2, -0.15) is 0 Å². The molecule has 1 fully saturated rings. The highest BCUT2D eigenvalue weighted by Crippen LogP contribution is 2.54. The van der Waals surface area contributed by atoms with Crippen LogP contribution in [0.1, 0.15) is 95.2 Å². The van der Waals surface area contributed by atoms with Crippen LogP contribution in [-0.2, 0) is 10.8 Å². The van der Waals surface area contributed by atoms with E-state index in [1.807, 2.05) is 0 Å². The summed E-state index contributed by atoms with van der Waals surface area (Å²) in [4.78, 5) is 22.1. The minimum atomic E-state index is -0.222. The third-order valence-electron chi connectivity index (χ3n) is 10.5. The smallest absolute Gasteiger partial charge is 0.346 e. The summed E-state index contributed by atoms with van der Waals surface area (Å²) >= 11 is 1.64. The molecule has 0 radical (unpaired) electrons. The van der Waals surface area contributed by atoms with Crippen LogP contribution in [0.5, 0.6) is 0 Å². The van der Waals surface area contributed by atoms with Crippen molar-refractivity contribution in [3.05, 3.63) is 69.6 Å². The molecule has 0 amide bonds. The highest BCUT2D eigenvalue weighted by molar-refractivity contribution is 7.21. The normalized spacial score (nSPS) is 20.1. The second-order valence-corrected chi connectivity index (χ2v) is 15.0. The number of anilines is 1. The lowest BCUT2D eigenvalue weighted by Crippen LogP contribution is -2.44. The Hall–Kier alpha value is -3.18. The third kappa shape index (κ3) is 3.77. The van der Waals surface area contributed by atoms with E-state index in [-0.39, 0.29) is 16.5 Å². The number of aromatic nitrogens is 1. The van der Waals surface area contributed by atoms with Gasteiger partial charge in [0.1, 0.15) is 16.2 Å². The van der Waals surface area contributed by atoms with Gasteiger partial charge < -0.3 is 9.32 Å². The van der Waals surface area contributed by atoms with Crippen molar-refractivity contribution in [1.82, 2.24) is 4.98 Å². The Morgan fingerprint density at radius 2 is 1.68 bits per heavy atom. The molecule has 5 heteroatoms. The quantitative estimate of drug-likeness (QED) is 0.201. The van der Waals surface area contributed by atoms with E-state index in [4.69, 9.17) is 9.40 Å². The fourth-order valence-electron chi connectivity index (χ4n) is 8.03. The first-order valence-corrected chi connectivity index (χ1v) is 16.3. The lowest BCUT2D eigenvalue weighted by atomic mass is 9.68. The Labute approximate surface area is 245 Å². The number of hydrogen-bond acceptors (Lipinski definition) is 5. The molecule has 4 heterocycles. The van der Waals surface area contributed by atoms with Crippen molar-refractivity contribution in [3.8, 4) is 10.6 Å². The van der Waals surface area contributed by atoms with Crippen molar-refractivity contribution < 1.29 is 4.42 Å². The van der Waals surface area contributed by atoms with Crippen LogP contribution >= 0.6 is 11.3 Å². The van der Waals surface area contributed by atoms with Crippen LogP contribution in [0.25, 0.3) is 42.5 Å². The van der Waals surface area contributed by atoms with Gasteiger partial charge >= 0.3 is 5.63 Å². The largest absolute Gasteiger partial charge is 0.422 e. The van der Waals surface area contributed by atoms with E-state index in [0.717, 1.165) is 70.4 Å². The van der Waals surface area contributed by atoms with Crippen LogP contribution in [-0.4, -0.2) is 18.1 Å². The van der Waals surface area contributed by atoms with Gasteiger partial charge in [0, 0.05) is 35.1 Å². The Bertz CT molecular complexity index is 1920. The predicted octanol–water partition coefficient (Wildman–Crippen LogP) is 9.44. The molecule has 1 saturated carbocycles. The topological polar surface area (TPSA) is 46.3 Å². The summed E-state index contributed by atoms with van der Waals surface area (Å²) in [5.41, 5.74) is 7.51. The van der Waals surface area contributed by atoms with Crippen molar-refractivity contribution in [2.24, 2.45) is 0 Å². The van der Waals surface area contributed by atoms with Gasteiger partial charge in [0.15, 0.2) is 0 Å². The molecule has 0 bridgehead atoms. The maximum Gasteiger partial charge on any atom is 0.346 e. The Morgan fingerprint density at radius 1 is 0.927 bits per heavy atom. The summed E-state index contributed by atoms with van der Waals surface area (Å²) in [6.07, 6.45) is 8.12. The van der Waals surface area contributed by atoms with Crippen molar-refractivity contribution in [2.45, 2.75) is 89.4 Å².